The third kappa shape index (κ3) is 5.17. The van der Waals surface area contributed by atoms with E-state index in [4.69, 9.17) is 9.57 Å². The van der Waals surface area contributed by atoms with Crippen LogP contribution in [0.1, 0.15) is 29.7 Å². The molecule has 0 saturated carbocycles. The van der Waals surface area contributed by atoms with Crippen molar-refractivity contribution in [2.45, 2.75) is 26.2 Å². The molecule has 4 rings (SSSR count). The number of hydrogen-bond acceptors (Lipinski definition) is 5. The first-order chi connectivity index (χ1) is 14.7. The molecule has 156 valence electrons. The molecule has 0 radical (unpaired) electrons. The number of nitrogens with zero attached hydrogens (tertiary/aromatic N) is 4. The maximum Gasteiger partial charge on any atom is 0.415 e. The third-order valence-corrected chi connectivity index (χ3v) is 5.41. The van der Waals surface area contributed by atoms with Crippen molar-refractivity contribution in [1.29, 1.82) is 0 Å². The summed E-state index contributed by atoms with van der Waals surface area (Å²) in [7, 11) is 0. The first kappa shape index (κ1) is 19.9. The highest BCUT2D eigenvalue weighted by Crippen LogP contribution is 2.20. The van der Waals surface area contributed by atoms with Crippen LogP contribution in [-0.4, -0.2) is 45.6 Å². The second-order valence-electron chi connectivity index (χ2n) is 7.59. The molecule has 0 unspecified atom stereocenters. The molecule has 0 N–H and O–H groups in total. The summed E-state index contributed by atoms with van der Waals surface area (Å²) < 4.78 is 5.56. The van der Waals surface area contributed by atoms with Crippen LogP contribution < -0.4 is 9.57 Å². The Morgan fingerprint density at radius 3 is 2.60 bits per heavy atom. The Morgan fingerprint density at radius 1 is 1.10 bits per heavy atom. The summed E-state index contributed by atoms with van der Waals surface area (Å²) in [6.45, 7) is 4.00. The van der Waals surface area contributed by atoms with Gasteiger partial charge in [-0.2, -0.15) is 0 Å². The number of ether oxygens (including phenoxy) is 1. The molecule has 7 heteroatoms. The van der Waals surface area contributed by atoms with Crippen LogP contribution >= 0.6 is 0 Å². The van der Waals surface area contributed by atoms with E-state index in [9.17, 15) is 4.79 Å². The van der Waals surface area contributed by atoms with Crippen molar-refractivity contribution >= 4 is 6.09 Å². The number of aromatic nitrogens is 3. The Bertz CT molecular complexity index is 949. The van der Waals surface area contributed by atoms with Gasteiger partial charge in [0.15, 0.2) is 0 Å². The van der Waals surface area contributed by atoms with Crippen LogP contribution in [0.2, 0.25) is 0 Å². The van der Waals surface area contributed by atoms with Crippen LogP contribution in [0.15, 0.2) is 61.1 Å². The molecule has 2 aromatic heterocycles. The zero-order chi connectivity index (χ0) is 20.8. The van der Waals surface area contributed by atoms with E-state index in [1.54, 1.807) is 17.3 Å². The third-order valence-electron chi connectivity index (χ3n) is 5.41. The van der Waals surface area contributed by atoms with Crippen molar-refractivity contribution in [2.24, 2.45) is 5.92 Å². The lowest BCUT2D eigenvalue weighted by Gasteiger charge is -2.30. The van der Waals surface area contributed by atoms with Crippen molar-refractivity contribution in [1.82, 2.24) is 19.8 Å². The Kier molecular flexibility index (Phi) is 6.27. The fraction of sp³-hybridized carbons (Fsp3) is 0.348. The molecule has 1 aliphatic heterocycles. The van der Waals surface area contributed by atoms with Gasteiger partial charge >= 0.3 is 6.09 Å². The molecule has 1 aromatic carbocycles. The maximum absolute atomic E-state index is 12.5. The number of rotatable bonds is 6. The molecule has 1 fully saturated rings. The summed E-state index contributed by atoms with van der Waals surface area (Å²) in [5, 5.41) is 4.03. The molecule has 3 aromatic rings. The highest BCUT2D eigenvalue weighted by Gasteiger charge is 2.24. The summed E-state index contributed by atoms with van der Waals surface area (Å²) in [6.07, 6.45) is 7.51. The van der Waals surface area contributed by atoms with Crippen LogP contribution in [0, 0.1) is 12.8 Å². The molecule has 0 atom stereocenters. The van der Waals surface area contributed by atoms with Crippen molar-refractivity contribution in [2.75, 3.05) is 19.7 Å². The monoisotopic (exact) mass is 406 g/mol. The van der Waals surface area contributed by atoms with Crippen molar-refractivity contribution in [3.63, 3.8) is 0 Å². The lowest BCUT2D eigenvalue weighted by Crippen LogP contribution is -2.41. The molecular formula is C23H26N4O3. The summed E-state index contributed by atoms with van der Waals surface area (Å²) in [5.74, 6) is 0.971. The van der Waals surface area contributed by atoms with E-state index in [1.807, 2.05) is 42.6 Å². The van der Waals surface area contributed by atoms with Crippen molar-refractivity contribution in [3.8, 4) is 5.75 Å². The average Bonchev–Trinajstić information content (AvgIpc) is 3.29. The van der Waals surface area contributed by atoms with E-state index < -0.39 is 0 Å². The van der Waals surface area contributed by atoms with Gasteiger partial charge < -0.3 is 14.5 Å². The molecular weight excluding hydrogens is 380 g/mol. The Labute approximate surface area is 176 Å². The smallest absolute Gasteiger partial charge is 0.410 e. The van der Waals surface area contributed by atoms with Crippen LogP contribution in [0.3, 0.4) is 0 Å². The van der Waals surface area contributed by atoms with Gasteiger partial charge in [-0.1, -0.05) is 18.2 Å². The van der Waals surface area contributed by atoms with Gasteiger partial charge in [0.05, 0.1) is 12.4 Å². The van der Waals surface area contributed by atoms with Crippen LogP contribution in [-0.2, 0) is 6.42 Å². The molecule has 0 aliphatic carbocycles. The fourth-order valence-corrected chi connectivity index (χ4v) is 3.53. The average molecular weight is 406 g/mol. The van der Waals surface area contributed by atoms with E-state index in [0.717, 1.165) is 30.5 Å². The summed E-state index contributed by atoms with van der Waals surface area (Å²) in [4.78, 5) is 25.8. The predicted octanol–water partition coefficient (Wildman–Crippen LogP) is 3.52. The predicted molar refractivity (Wildman–Crippen MR) is 112 cm³/mol. The van der Waals surface area contributed by atoms with Gasteiger partial charge in [0.1, 0.15) is 12.4 Å². The number of likely N-dealkylation sites (tertiary alicyclic amines) is 1. The van der Waals surface area contributed by atoms with Gasteiger partial charge in [0.2, 0.25) is 0 Å². The quantitative estimate of drug-likeness (QED) is 0.627. The maximum atomic E-state index is 12.5. The number of aryl methyl sites for hydroxylation is 1. The van der Waals surface area contributed by atoms with Crippen LogP contribution in [0.5, 0.6) is 5.75 Å². The molecule has 1 aliphatic rings. The fourth-order valence-electron chi connectivity index (χ4n) is 3.53. The first-order valence-corrected chi connectivity index (χ1v) is 10.3. The number of carbonyl (C=O) groups is 1. The van der Waals surface area contributed by atoms with E-state index >= 15 is 0 Å². The molecule has 0 spiro atoms. The molecule has 1 saturated heterocycles. The number of benzene rings is 1. The van der Waals surface area contributed by atoms with E-state index in [-0.39, 0.29) is 6.09 Å². The van der Waals surface area contributed by atoms with Gasteiger partial charge in [-0.05, 0) is 61.1 Å². The minimum absolute atomic E-state index is 0.297. The minimum atomic E-state index is -0.297. The first-order valence-electron chi connectivity index (χ1n) is 10.3. The van der Waals surface area contributed by atoms with E-state index in [2.05, 4.69) is 23.1 Å². The number of pyridine rings is 1. The lowest BCUT2D eigenvalue weighted by atomic mass is 9.98. The Hall–Kier alpha value is -3.35. The SMILES string of the molecule is Cc1cccnc1Cc1ccc(OC(=O)N2CCC(COn3cccn3)CC2)cc1. The molecule has 0 bridgehead atoms. The zero-order valence-electron chi connectivity index (χ0n) is 17.1. The van der Waals surface area contributed by atoms with E-state index in [0.29, 0.717) is 31.4 Å². The van der Waals surface area contributed by atoms with Gasteiger partial charge in [0, 0.05) is 31.4 Å². The molecule has 30 heavy (non-hydrogen) atoms. The van der Waals surface area contributed by atoms with Gasteiger partial charge in [-0.25, -0.2) is 4.79 Å². The minimum Gasteiger partial charge on any atom is -0.410 e. The Morgan fingerprint density at radius 2 is 1.90 bits per heavy atom. The second kappa shape index (κ2) is 9.43. The molecule has 1 amide bonds. The number of piperidine rings is 1. The van der Waals surface area contributed by atoms with Crippen molar-refractivity contribution in [3.05, 3.63) is 77.9 Å². The number of carbonyl (C=O) groups excluding carboxylic acids is 1. The van der Waals surface area contributed by atoms with E-state index in [1.165, 1.54) is 10.4 Å². The van der Waals surface area contributed by atoms with Crippen LogP contribution in [0.4, 0.5) is 4.79 Å². The summed E-state index contributed by atoms with van der Waals surface area (Å²) >= 11 is 0. The number of hydrogen-bond donors (Lipinski definition) is 0. The van der Waals surface area contributed by atoms with Crippen molar-refractivity contribution < 1.29 is 14.4 Å². The standard InChI is InChI=1S/C23H26N4O3/c1-18-4-2-11-24-22(18)16-19-5-7-21(8-6-19)30-23(28)26-14-9-20(10-15-26)17-29-27-13-3-12-25-27/h2-8,11-13,20H,9-10,14-17H2,1H3. The zero-order valence-corrected chi connectivity index (χ0v) is 17.1. The number of amides is 1. The van der Waals surface area contributed by atoms with Gasteiger partial charge in [0.25, 0.3) is 0 Å². The largest absolute Gasteiger partial charge is 0.415 e. The molecule has 7 nitrogen and oxygen atoms in total. The van der Waals surface area contributed by atoms with Gasteiger partial charge in [-0.3, -0.25) is 4.98 Å². The second-order valence-corrected chi connectivity index (χ2v) is 7.59. The van der Waals surface area contributed by atoms with Crippen LogP contribution in [0.25, 0.3) is 0 Å². The summed E-state index contributed by atoms with van der Waals surface area (Å²) in [6, 6.07) is 13.5. The topological polar surface area (TPSA) is 69.5 Å². The molecule has 3 heterocycles. The lowest BCUT2D eigenvalue weighted by molar-refractivity contribution is 0.0366. The Balaban J connectivity index is 1.23. The summed E-state index contributed by atoms with van der Waals surface area (Å²) in [5.41, 5.74) is 3.36. The highest BCUT2D eigenvalue weighted by atomic mass is 16.7. The normalized spacial score (nSPS) is 14.5. The highest BCUT2D eigenvalue weighted by molar-refractivity contribution is 5.70. The van der Waals surface area contributed by atoms with Gasteiger partial charge in [-0.15, -0.1) is 9.94 Å².